The summed E-state index contributed by atoms with van der Waals surface area (Å²) < 4.78 is 0. The van der Waals surface area contributed by atoms with E-state index >= 15 is 0 Å². The average Bonchev–Trinajstić information content (AvgIpc) is 2.93. The second-order valence-electron chi connectivity index (χ2n) is 7.27. The first-order chi connectivity index (χ1) is 13.5. The Morgan fingerprint density at radius 2 is 1.39 bits per heavy atom. The van der Waals surface area contributed by atoms with Gasteiger partial charge in [-0.1, -0.05) is 56.3 Å². The first-order valence-corrected chi connectivity index (χ1v) is 9.24. The van der Waals surface area contributed by atoms with Gasteiger partial charge in [-0.15, -0.1) is 0 Å². The van der Waals surface area contributed by atoms with Crippen LogP contribution in [0.2, 0.25) is 0 Å². The van der Waals surface area contributed by atoms with Gasteiger partial charge in [-0.3, -0.25) is 19.3 Å². The van der Waals surface area contributed by atoms with E-state index in [1.54, 1.807) is 24.3 Å². The molecule has 5 nitrogen and oxygen atoms in total. The fraction of sp³-hybridized carbons (Fsp3) is 0.174. The quantitative estimate of drug-likeness (QED) is 0.701. The highest BCUT2D eigenvalue weighted by molar-refractivity contribution is 6.23. The monoisotopic (exact) mass is 372 g/mol. The Morgan fingerprint density at radius 3 is 2.00 bits per heavy atom. The molecule has 28 heavy (non-hydrogen) atoms. The van der Waals surface area contributed by atoms with Gasteiger partial charge in [-0.2, -0.15) is 0 Å². The van der Waals surface area contributed by atoms with Crippen molar-refractivity contribution in [2.45, 2.75) is 19.9 Å². The lowest BCUT2D eigenvalue weighted by molar-refractivity contribution is -0.121. The lowest BCUT2D eigenvalue weighted by Crippen LogP contribution is -2.50. The fourth-order valence-electron chi connectivity index (χ4n) is 3.66. The summed E-state index contributed by atoms with van der Waals surface area (Å²) in [6.45, 7) is 3.66. The molecule has 1 N–H and O–H groups in total. The van der Waals surface area contributed by atoms with Crippen LogP contribution in [-0.4, -0.2) is 28.7 Å². The van der Waals surface area contributed by atoms with Crippen molar-refractivity contribution in [1.82, 2.24) is 4.90 Å². The summed E-state index contributed by atoms with van der Waals surface area (Å²) in [7, 11) is 0. The highest BCUT2D eigenvalue weighted by Crippen LogP contribution is 2.28. The molecular formula is C23H20N2O3. The van der Waals surface area contributed by atoms with Crippen LogP contribution >= 0.6 is 0 Å². The van der Waals surface area contributed by atoms with Gasteiger partial charge >= 0.3 is 0 Å². The number of nitrogens with one attached hydrogen (secondary N) is 1. The van der Waals surface area contributed by atoms with Gasteiger partial charge in [0.25, 0.3) is 11.8 Å². The maximum atomic E-state index is 13.1. The number of fused-ring (bicyclic) bond motifs is 2. The van der Waals surface area contributed by atoms with Crippen molar-refractivity contribution in [2.24, 2.45) is 5.92 Å². The van der Waals surface area contributed by atoms with Crippen molar-refractivity contribution in [2.75, 3.05) is 5.32 Å². The number of carbonyl (C=O) groups is 3. The molecule has 0 saturated carbocycles. The molecule has 5 heteroatoms. The largest absolute Gasteiger partial charge is 0.324 e. The molecule has 0 aromatic heterocycles. The van der Waals surface area contributed by atoms with Gasteiger partial charge < -0.3 is 5.32 Å². The van der Waals surface area contributed by atoms with Crippen LogP contribution in [0.1, 0.15) is 34.6 Å². The minimum Gasteiger partial charge on any atom is -0.324 e. The summed E-state index contributed by atoms with van der Waals surface area (Å²) in [6.07, 6.45) is 0. The summed E-state index contributed by atoms with van der Waals surface area (Å²) in [5.74, 6) is -1.46. The molecule has 3 aromatic carbocycles. The number of anilines is 1. The van der Waals surface area contributed by atoms with Gasteiger partial charge in [0.1, 0.15) is 6.04 Å². The van der Waals surface area contributed by atoms with E-state index in [4.69, 9.17) is 0 Å². The minimum absolute atomic E-state index is 0.234. The highest BCUT2D eigenvalue weighted by Gasteiger charge is 2.43. The van der Waals surface area contributed by atoms with Crippen LogP contribution in [0.3, 0.4) is 0 Å². The van der Waals surface area contributed by atoms with Crippen molar-refractivity contribution in [1.29, 1.82) is 0 Å². The lowest BCUT2D eigenvalue weighted by atomic mass is 10.0. The van der Waals surface area contributed by atoms with Crippen molar-refractivity contribution in [3.05, 3.63) is 77.9 Å². The smallest absolute Gasteiger partial charge is 0.262 e. The van der Waals surface area contributed by atoms with Crippen molar-refractivity contribution in [3.8, 4) is 0 Å². The van der Waals surface area contributed by atoms with Gasteiger partial charge in [-0.25, -0.2) is 0 Å². The fourth-order valence-corrected chi connectivity index (χ4v) is 3.66. The molecule has 1 heterocycles. The van der Waals surface area contributed by atoms with Gasteiger partial charge in [0, 0.05) is 5.69 Å². The second kappa shape index (κ2) is 6.93. The van der Waals surface area contributed by atoms with Crippen LogP contribution in [0.5, 0.6) is 0 Å². The van der Waals surface area contributed by atoms with Crippen LogP contribution in [0.4, 0.5) is 5.69 Å². The Bertz CT molecular complexity index is 1070. The normalized spacial score (nSPS) is 14.5. The van der Waals surface area contributed by atoms with Crippen molar-refractivity contribution >= 4 is 34.2 Å². The third kappa shape index (κ3) is 2.95. The molecule has 0 fully saturated rings. The number of amides is 3. The summed E-state index contributed by atoms with van der Waals surface area (Å²) in [4.78, 5) is 39.8. The number of imide groups is 1. The van der Waals surface area contributed by atoms with Gasteiger partial charge in [0.15, 0.2) is 0 Å². The van der Waals surface area contributed by atoms with Crippen LogP contribution in [0.25, 0.3) is 10.8 Å². The van der Waals surface area contributed by atoms with Crippen LogP contribution in [0.15, 0.2) is 66.7 Å². The molecule has 1 aliphatic rings. The predicted molar refractivity (Wildman–Crippen MR) is 108 cm³/mol. The lowest BCUT2D eigenvalue weighted by Gasteiger charge is -2.28. The molecule has 140 valence electrons. The highest BCUT2D eigenvalue weighted by atomic mass is 16.2. The zero-order valence-corrected chi connectivity index (χ0v) is 15.7. The summed E-state index contributed by atoms with van der Waals surface area (Å²) in [6, 6.07) is 19.3. The van der Waals surface area contributed by atoms with E-state index in [1.807, 2.05) is 56.3 Å². The van der Waals surface area contributed by atoms with E-state index in [-0.39, 0.29) is 11.8 Å². The Hall–Kier alpha value is -3.47. The molecule has 0 spiro atoms. The van der Waals surface area contributed by atoms with E-state index in [0.29, 0.717) is 16.8 Å². The van der Waals surface area contributed by atoms with Crippen LogP contribution in [0, 0.1) is 5.92 Å². The number of nitrogens with zero attached hydrogens (tertiary/aromatic N) is 1. The van der Waals surface area contributed by atoms with E-state index in [0.717, 1.165) is 15.7 Å². The zero-order valence-electron chi connectivity index (χ0n) is 15.7. The van der Waals surface area contributed by atoms with Gasteiger partial charge in [-0.05, 0) is 41.0 Å². The number of carbonyl (C=O) groups excluding carboxylic acids is 3. The summed E-state index contributed by atoms with van der Waals surface area (Å²) in [5.41, 5.74) is 1.32. The standard InChI is InChI=1S/C23H20N2O3/c1-14(2)20(25-22(27)18-9-5-6-10-19(18)23(25)28)21(26)24-17-12-11-15-7-3-4-8-16(15)13-17/h3-14,20H,1-2H3,(H,24,26)/t20-/m1/s1. The van der Waals surface area contributed by atoms with E-state index in [2.05, 4.69) is 5.32 Å². The van der Waals surface area contributed by atoms with E-state index < -0.39 is 17.9 Å². The molecular weight excluding hydrogens is 352 g/mol. The van der Waals surface area contributed by atoms with Crippen LogP contribution < -0.4 is 5.32 Å². The molecule has 0 radical (unpaired) electrons. The van der Waals surface area contributed by atoms with E-state index in [9.17, 15) is 14.4 Å². The number of hydrogen-bond donors (Lipinski definition) is 1. The predicted octanol–water partition coefficient (Wildman–Crippen LogP) is 4.10. The number of hydrogen-bond acceptors (Lipinski definition) is 3. The summed E-state index contributed by atoms with van der Waals surface area (Å²) in [5, 5.41) is 4.95. The van der Waals surface area contributed by atoms with Crippen molar-refractivity contribution < 1.29 is 14.4 Å². The maximum absolute atomic E-state index is 13.1. The first kappa shape index (κ1) is 17.9. The molecule has 1 aliphatic heterocycles. The summed E-state index contributed by atoms with van der Waals surface area (Å²) >= 11 is 0. The van der Waals surface area contributed by atoms with Crippen LogP contribution in [-0.2, 0) is 4.79 Å². The SMILES string of the molecule is CC(C)[C@H](C(=O)Nc1ccc2ccccc2c1)N1C(=O)c2ccccc2C1=O. The third-order valence-corrected chi connectivity index (χ3v) is 5.02. The Kier molecular flexibility index (Phi) is 4.43. The zero-order chi connectivity index (χ0) is 19.8. The molecule has 0 bridgehead atoms. The Morgan fingerprint density at radius 1 is 0.821 bits per heavy atom. The Balaban J connectivity index is 1.64. The number of benzene rings is 3. The molecule has 3 aromatic rings. The van der Waals surface area contributed by atoms with Gasteiger partial charge in [0.2, 0.25) is 5.91 Å². The maximum Gasteiger partial charge on any atom is 0.262 e. The molecule has 1 atom stereocenters. The van der Waals surface area contributed by atoms with E-state index in [1.165, 1.54) is 0 Å². The average molecular weight is 372 g/mol. The third-order valence-electron chi connectivity index (χ3n) is 5.02. The Labute approximate surface area is 163 Å². The molecule has 0 unspecified atom stereocenters. The molecule has 3 amide bonds. The topological polar surface area (TPSA) is 66.5 Å². The molecule has 0 aliphatic carbocycles. The minimum atomic E-state index is -0.890. The second-order valence-corrected chi connectivity index (χ2v) is 7.27. The molecule has 0 saturated heterocycles. The van der Waals surface area contributed by atoms with Crippen molar-refractivity contribution in [3.63, 3.8) is 0 Å². The van der Waals surface area contributed by atoms with Gasteiger partial charge in [0.05, 0.1) is 11.1 Å². The first-order valence-electron chi connectivity index (χ1n) is 9.24. The number of rotatable bonds is 4. The molecule has 4 rings (SSSR count).